The van der Waals surface area contributed by atoms with Gasteiger partial charge >= 0.3 is 5.97 Å². The quantitative estimate of drug-likeness (QED) is 0.645. The molecule has 0 unspecified atom stereocenters. The van der Waals surface area contributed by atoms with Crippen LogP contribution in [0.25, 0.3) is 0 Å². The number of aromatic hydroxyl groups is 1. The van der Waals surface area contributed by atoms with Gasteiger partial charge in [-0.25, -0.2) is 4.79 Å². The number of rotatable bonds is 5. The number of benzene rings is 1. The zero-order chi connectivity index (χ0) is 14.6. The summed E-state index contributed by atoms with van der Waals surface area (Å²) in [6.45, 7) is 5.00. The van der Waals surface area contributed by atoms with Crippen LogP contribution < -0.4 is 0 Å². The molecule has 5 heteroatoms. The van der Waals surface area contributed by atoms with Gasteiger partial charge in [0.2, 0.25) is 0 Å². The molecule has 0 aliphatic heterocycles. The molecule has 1 aromatic carbocycles. The highest BCUT2D eigenvalue weighted by Crippen LogP contribution is 2.29. The number of phenols is 1. The maximum atomic E-state index is 12.0. The molecule has 0 atom stereocenters. The lowest BCUT2D eigenvalue weighted by molar-refractivity contribution is 0.0373. The second-order valence-electron chi connectivity index (χ2n) is 4.58. The molecule has 4 nitrogen and oxygen atoms in total. The molecule has 0 aliphatic carbocycles. The fraction of sp³-hybridized carbons (Fsp3) is 0.500. The smallest absolute Gasteiger partial charge is 0.342 e. The van der Waals surface area contributed by atoms with E-state index in [4.69, 9.17) is 16.3 Å². The average Bonchev–Trinajstić information content (AvgIpc) is 2.31. The Balaban J connectivity index is 3.32. The predicted molar refractivity (Wildman–Crippen MR) is 73.7 cm³/mol. The van der Waals surface area contributed by atoms with Gasteiger partial charge in [0, 0.05) is 5.88 Å². The van der Waals surface area contributed by atoms with Crippen molar-refractivity contribution < 1.29 is 19.7 Å². The Labute approximate surface area is 118 Å². The van der Waals surface area contributed by atoms with Gasteiger partial charge in [0.1, 0.15) is 11.3 Å². The SMILES string of the molecule is Cc1c(CCCl)c(CO)cc(O)c1C(=O)OC(C)C. The fourth-order valence-electron chi connectivity index (χ4n) is 2.02. The fourth-order valence-corrected chi connectivity index (χ4v) is 2.21. The van der Waals surface area contributed by atoms with Crippen molar-refractivity contribution >= 4 is 17.6 Å². The maximum absolute atomic E-state index is 12.0. The van der Waals surface area contributed by atoms with Gasteiger partial charge in [-0.15, -0.1) is 11.6 Å². The summed E-state index contributed by atoms with van der Waals surface area (Å²) >= 11 is 5.73. The lowest BCUT2D eigenvalue weighted by Gasteiger charge is -2.17. The van der Waals surface area contributed by atoms with Crippen molar-refractivity contribution in [2.24, 2.45) is 0 Å². The van der Waals surface area contributed by atoms with Crippen LogP contribution in [0.2, 0.25) is 0 Å². The molecule has 0 aromatic heterocycles. The number of carbonyl (C=O) groups excluding carboxylic acids is 1. The van der Waals surface area contributed by atoms with E-state index in [1.165, 1.54) is 6.07 Å². The van der Waals surface area contributed by atoms with Crippen molar-refractivity contribution in [3.8, 4) is 5.75 Å². The Morgan fingerprint density at radius 1 is 1.47 bits per heavy atom. The molecular weight excluding hydrogens is 268 g/mol. The summed E-state index contributed by atoms with van der Waals surface area (Å²) in [5, 5.41) is 19.2. The Morgan fingerprint density at radius 2 is 2.11 bits per heavy atom. The van der Waals surface area contributed by atoms with Crippen LogP contribution in [0, 0.1) is 6.92 Å². The first-order valence-electron chi connectivity index (χ1n) is 6.14. The highest BCUT2D eigenvalue weighted by Gasteiger charge is 2.21. The molecule has 0 bridgehead atoms. The van der Waals surface area contributed by atoms with E-state index in [2.05, 4.69) is 0 Å². The maximum Gasteiger partial charge on any atom is 0.342 e. The molecule has 106 valence electrons. The third kappa shape index (κ3) is 3.61. The van der Waals surface area contributed by atoms with Gasteiger partial charge in [-0.1, -0.05) is 0 Å². The number of hydrogen-bond donors (Lipinski definition) is 2. The number of esters is 1. The van der Waals surface area contributed by atoms with Gasteiger partial charge in [-0.3, -0.25) is 0 Å². The van der Waals surface area contributed by atoms with E-state index in [-0.39, 0.29) is 24.0 Å². The summed E-state index contributed by atoms with van der Waals surface area (Å²) < 4.78 is 5.11. The van der Waals surface area contributed by atoms with E-state index in [9.17, 15) is 15.0 Å². The Bertz CT molecular complexity index is 469. The topological polar surface area (TPSA) is 66.8 Å². The van der Waals surface area contributed by atoms with Crippen molar-refractivity contribution in [2.75, 3.05) is 5.88 Å². The molecule has 1 aromatic rings. The van der Waals surface area contributed by atoms with Gasteiger partial charge in [0.25, 0.3) is 0 Å². The second-order valence-corrected chi connectivity index (χ2v) is 4.96. The van der Waals surface area contributed by atoms with Crippen molar-refractivity contribution in [2.45, 2.75) is 39.9 Å². The van der Waals surface area contributed by atoms with Gasteiger partial charge in [0.15, 0.2) is 0 Å². The summed E-state index contributed by atoms with van der Waals surface area (Å²) in [6.07, 6.45) is 0.256. The van der Waals surface area contributed by atoms with Gasteiger partial charge < -0.3 is 14.9 Å². The first kappa shape index (κ1) is 15.8. The molecular formula is C14H19ClO4. The highest BCUT2D eigenvalue weighted by atomic mass is 35.5. The molecule has 0 aliphatic rings. The van der Waals surface area contributed by atoms with E-state index in [1.54, 1.807) is 20.8 Å². The van der Waals surface area contributed by atoms with Crippen molar-refractivity contribution in [3.63, 3.8) is 0 Å². The van der Waals surface area contributed by atoms with E-state index < -0.39 is 5.97 Å². The first-order valence-corrected chi connectivity index (χ1v) is 6.67. The van der Waals surface area contributed by atoms with Crippen molar-refractivity contribution in [1.29, 1.82) is 0 Å². The van der Waals surface area contributed by atoms with Crippen LogP contribution in [0.4, 0.5) is 0 Å². The van der Waals surface area contributed by atoms with Crippen LogP contribution in [0.15, 0.2) is 6.07 Å². The molecule has 0 radical (unpaired) electrons. The van der Waals surface area contributed by atoms with Crippen LogP contribution in [0.1, 0.15) is 40.9 Å². The van der Waals surface area contributed by atoms with Crippen LogP contribution in [0.3, 0.4) is 0 Å². The Morgan fingerprint density at radius 3 is 2.58 bits per heavy atom. The normalized spacial score (nSPS) is 10.8. The zero-order valence-electron chi connectivity index (χ0n) is 11.4. The lowest BCUT2D eigenvalue weighted by Crippen LogP contribution is -2.15. The lowest BCUT2D eigenvalue weighted by atomic mass is 9.94. The number of phenolic OH excluding ortho intramolecular Hbond substituents is 1. The third-order valence-electron chi connectivity index (χ3n) is 2.84. The van der Waals surface area contributed by atoms with Crippen LogP contribution >= 0.6 is 11.6 Å². The standard InChI is InChI=1S/C14H19ClO4/c1-8(2)19-14(18)13-9(3)11(4-5-15)10(7-16)6-12(13)17/h6,8,16-17H,4-5,7H2,1-3H3. The third-order valence-corrected chi connectivity index (χ3v) is 3.03. The van der Waals surface area contributed by atoms with E-state index >= 15 is 0 Å². The number of carbonyl (C=O) groups is 1. The summed E-state index contributed by atoms with van der Waals surface area (Å²) in [4.78, 5) is 12.0. The van der Waals surface area contributed by atoms with Crippen LogP contribution in [-0.2, 0) is 17.8 Å². The monoisotopic (exact) mass is 286 g/mol. The summed E-state index contributed by atoms with van der Waals surface area (Å²) in [6, 6.07) is 1.39. The number of ether oxygens (including phenoxy) is 1. The molecule has 0 fully saturated rings. The molecule has 0 spiro atoms. The predicted octanol–water partition coefficient (Wildman–Crippen LogP) is 2.54. The zero-order valence-corrected chi connectivity index (χ0v) is 12.1. The van der Waals surface area contributed by atoms with E-state index in [1.807, 2.05) is 0 Å². The van der Waals surface area contributed by atoms with E-state index in [0.717, 1.165) is 5.56 Å². The minimum Gasteiger partial charge on any atom is -0.507 e. The second kappa shape index (κ2) is 6.78. The number of aliphatic hydroxyl groups is 1. The summed E-state index contributed by atoms with van der Waals surface area (Å²) in [5.41, 5.74) is 2.11. The number of halogens is 1. The number of alkyl halides is 1. The van der Waals surface area contributed by atoms with Gasteiger partial charge in [-0.05, 0) is 49.9 Å². The van der Waals surface area contributed by atoms with Gasteiger partial charge in [0.05, 0.1) is 12.7 Å². The van der Waals surface area contributed by atoms with Crippen LogP contribution in [0.5, 0.6) is 5.75 Å². The molecule has 0 saturated carbocycles. The molecule has 0 saturated heterocycles. The number of hydrogen-bond acceptors (Lipinski definition) is 4. The minimum absolute atomic E-state index is 0.144. The summed E-state index contributed by atoms with van der Waals surface area (Å²) in [7, 11) is 0. The average molecular weight is 287 g/mol. The van der Waals surface area contributed by atoms with Crippen molar-refractivity contribution in [1.82, 2.24) is 0 Å². The molecule has 0 heterocycles. The molecule has 1 rings (SSSR count). The first-order chi connectivity index (χ1) is 8.92. The van der Waals surface area contributed by atoms with Crippen molar-refractivity contribution in [3.05, 3.63) is 28.3 Å². The van der Waals surface area contributed by atoms with E-state index in [0.29, 0.717) is 23.4 Å². The molecule has 2 N–H and O–H groups in total. The Hall–Kier alpha value is -1.26. The largest absolute Gasteiger partial charge is 0.507 e. The van der Waals surface area contributed by atoms with Gasteiger partial charge in [-0.2, -0.15) is 0 Å². The number of aliphatic hydroxyl groups excluding tert-OH is 1. The minimum atomic E-state index is -0.565. The summed E-state index contributed by atoms with van der Waals surface area (Å²) in [5.74, 6) is -0.368. The van der Waals surface area contributed by atoms with Crippen LogP contribution in [-0.4, -0.2) is 28.2 Å². The highest BCUT2D eigenvalue weighted by molar-refractivity contribution is 6.18. The Kier molecular flexibility index (Phi) is 5.63. The molecule has 19 heavy (non-hydrogen) atoms. The molecule has 0 amide bonds.